The van der Waals surface area contributed by atoms with E-state index in [0.717, 1.165) is 75.7 Å². The fourth-order valence-corrected chi connectivity index (χ4v) is 5.88. The fourth-order valence-electron chi connectivity index (χ4n) is 5.58. The number of pyridine rings is 1. The molecule has 2 aromatic rings. The van der Waals surface area contributed by atoms with Crippen LogP contribution in [0, 0.1) is 6.92 Å². The molecule has 3 aliphatic heterocycles. The number of benzene rings is 1. The minimum Gasteiger partial charge on any atom is -0.379 e. The van der Waals surface area contributed by atoms with Crippen LogP contribution in [0.1, 0.15) is 30.4 Å². The first kappa shape index (κ1) is 24.0. The van der Waals surface area contributed by atoms with Gasteiger partial charge in [-0.3, -0.25) is 14.6 Å². The smallest absolute Gasteiger partial charge is 0.228 e. The molecule has 0 unspecified atom stereocenters. The number of likely N-dealkylation sites (tertiary alicyclic amines) is 1. The van der Waals surface area contributed by atoms with Crippen molar-refractivity contribution in [1.29, 1.82) is 0 Å². The van der Waals surface area contributed by atoms with Crippen molar-refractivity contribution in [2.24, 2.45) is 0 Å². The SMILES string of the molecule is Cc1cccnc1N1C[C@@](CCN2CC(N3CCOCC3)C2)(c2ccc(Cl)c(Cl)c2)CCC1=O. The van der Waals surface area contributed by atoms with E-state index in [0.29, 0.717) is 29.1 Å². The fraction of sp³-hybridized carbons (Fsp3) is 0.538. The highest BCUT2D eigenvalue weighted by Gasteiger charge is 2.43. The Bertz CT molecular complexity index is 1040. The highest BCUT2D eigenvalue weighted by atomic mass is 35.5. The first-order valence-corrected chi connectivity index (χ1v) is 12.9. The second-order valence-corrected chi connectivity index (χ2v) is 10.7. The van der Waals surface area contributed by atoms with Gasteiger partial charge in [0.15, 0.2) is 0 Å². The normalized spacial score (nSPS) is 24.9. The van der Waals surface area contributed by atoms with E-state index in [1.54, 1.807) is 6.20 Å². The second kappa shape index (κ2) is 10.1. The summed E-state index contributed by atoms with van der Waals surface area (Å²) in [5.41, 5.74) is 1.96. The molecule has 3 aliphatic rings. The molecule has 3 saturated heterocycles. The lowest BCUT2D eigenvalue weighted by molar-refractivity contribution is -0.120. The van der Waals surface area contributed by atoms with Gasteiger partial charge in [0.05, 0.1) is 23.3 Å². The predicted molar refractivity (Wildman–Crippen MR) is 136 cm³/mol. The molecule has 0 aliphatic carbocycles. The lowest BCUT2D eigenvalue weighted by Gasteiger charge is -2.49. The summed E-state index contributed by atoms with van der Waals surface area (Å²) in [7, 11) is 0. The van der Waals surface area contributed by atoms with Gasteiger partial charge in [-0.2, -0.15) is 0 Å². The van der Waals surface area contributed by atoms with Crippen LogP contribution in [0.5, 0.6) is 0 Å². The van der Waals surface area contributed by atoms with Crippen molar-refractivity contribution in [2.45, 2.75) is 37.6 Å². The zero-order chi connectivity index (χ0) is 23.7. The standard InChI is InChI=1S/C26H32Cl2N4O2/c1-19-3-2-9-29-25(19)32-18-26(7-6-24(32)33,20-4-5-22(27)23(28)15-20)8-10-30-16-21(17-30)31-11-13-34-14-12-31/h2-5,9,15,21H,6-8,10-14,16-18H2,1H3/t26-/m1/s1. The van der Waals surface area contributed by atoms with E-state index in [2.05, 4.69) is 20.9 Å². The van der Waals surface area contributed by atoms with Gasteiger partial charge in [0.1, 0.15) is 5.82 Å². The molecular weight excluding hydrogens is 471 g/mol. The van der Waals surface area contributed by atoms with Crippen molar-refractivity contribution in [3.8, 4) is 0 Å². The topological polar surface area (TPSA) is 48.9 Å². The molecule has 0 radical (unpaired) electrons. The largest absolute Gasteiger partial charge is 0.379 e. The van der Waals surface area contributed by atoms with Crippen LogP contribution in [0.4, 0.5) is 5.82 Å². The first-order valence-electron chi connectivity index (χ1n) is 12.2. The number of carbonyl (C=O) groups excluding carboxylic acids is 1. The van der Waals surface area contributed by atoms with E-state index < -0.39 is 0 Å². The van der Waals surface area contributed by atoms with E-state index in [1.807, 2.05) is 36.1 Å². The van der Waals surface area contributed by atoms with Crippen molar-refractivity contribution in [3.63, 3.8) is 0 Å². The third-order valence-corrected chi connectivity index (χ3v) is 8.49. The van der Waals surface area contributed by atoms with Crippen molar-refractivity contribution >= 4 is 34.9 Å². The molecule has 1 amide bonds. The first-order chi connectivity index (χ1) is 16.4. The maximum absolute atomic E-state index is 13.0. The van der Waals surface area contributed by atoms with Gasteiger partial charge in [-0.15, -0.1) is 0 Å². The van der Waals surface area contributed by atoms with Crippen molar-refractivity contribution in [2.75, 3.05) is 57.4 Å². The molecule has 1 aromatic carbocycles. The van der Waals surface area contributed by atoms with Gasteiger partial charge < -0.3 is 9.64 Å². The van der Waals surface area contributed by atoms with Gasteiger partial charge in [0.2, 0.25) is 5.91 Å². The third kappa shape index (κ3) is 4.84. The minimum absolute atomic E-state index is 0.133. The minimum atomic E-state index is -0.198. The Balaban J connectivity index is 1.35. The van der Waals surface area contributed by atoms with Crippen LogP contribution in [0.3, 0.4) is 0 Å². The molecule has 1 atom stereocenters. The van der Waals surface area contributed by atoms with Crippen LogP contribution in [0.2, 0.25) is 10.0 Å². The van der Waals surface area contributed by atoms with Gasteiger partial charge in [-0.25, -0.2) is 4.98 Å². The van der Waals surface area contributed by atoms with Gasteiger partial charge in [0.25, 0.3) is 0 Å². The number of aromatic nitrogens is 1. The predicted octanol–water partition coefficient (Wildman–Crippen LogP) is 4.17. The molecule has 0 spiro atoms. The summed E-state index contributed by atoms with van der Waals surface area (Å²) in [6.07, 6.45) is 4.01. The molecule has 0 saturated carbocycles. The number of anilines is 1. The molecule has 8 heteroatoms. The molecule has 0 bridgehead atoms. The zero-order valence-corrected chi connectivity index (χ0v) is 21.2. The van der Waals surface area contributed by atoms with Crippen LogP contribution in [0.15, 0.2) is 36.5 Å². The molecule has 4 heterocycles. The van der Waals surface area contributed by atoms with Crippen molar-refractivity contribution in [1.82, 2.24) is 14.8 Å². The molecule has 0 N–H and O–H groups in total. The number of nitrogens with zero attached hydrogens (tertiary/aromatic N) is 4. The van der Waals surface area contributed by atoms with E-state index in [-0.39, 0.29) is 11.3 Å². The number of hydrogen-bond acceptors (Lipinski definition) is 5. The average Bonchev–Trinajstić information content (AvgIpc) is 2.82. The van der Waals surface area contributed by atoms with Gasteiger partial charge in [-0.05, 0) is 55.6 Å². The number of amides is 1. The number of halogens is 2. The van der Waals surface area contributed by atoms with Crippen LogP contribution in [-0.2, 0) is 14.9 Å². The molecule has 3 fully saturated rings. The monoisotopic (exact) mass is 502 g/mol. The molecule has 6 nitrogen and oxygen atoms in total. The average molecular weight is 503 g/mol. The molecule has 182 valence electrons. The Morgan fingerprint density at radius 3 is 2.68 bits per heavy atom. The van der Waals surface area contributed by atoms with Crippen molar-refractivity contribution < 1.29 is 9.53 Å². The maximum atomic E-state index is 13.0. The van der Waals surface area contributed by atoms with Gasteiger partial charge in [0, 0.05) is 56.8 Å². The highest BCUT2D eigenvalue weighted by Crippen LogP contribution is 2.41. The Morgan fingerprint density at radius 2 is 1.94 bits per heavy atom. The van der Waals surface area contributed by atoms with Crippen LogP contribution < -0.4 is 4.90 Å². The summed E-state index contributed by atoms with van der Waals surface area (Å²) in [6.45, 7) is 9.54. The Kier molecular flexibility index (Phi) is 7.14. The van der Waals surface area contributed by atoms with Gasteiger partial charge in [-0.1, -0.05) is 35.3 Å². The molecule has 34 heavy (non-hydrogen) atoms. The third-order valence-electron chi connectivity index (χ3n) is 7.76. The van der Waals surface area contributed by atoms with Crippen molar-refractivity contribution in [3.05, 3.63) is 57.7 Å². The van der Waals surface area contributed by atoms with Crippen LogP contribution >= 0.6 is 23.2 Å². The number of rotatable bonds is 6. The van der Waals surface area contributed by atoms with E-state index >= 15 is 0 Å². The van der Waals surface area contributed by atoms with Crippen LogP contribution in [0.25, 0.3) is 0 Å². The Labute approximate surface area is 211 Å². The summed E-state index contributed by atoms with van der Waals surface area (Å²) in [6, 6.07) is 10.5. The number of hydrogen-bond donors (Lipinski definition) is 0. The lowest BCUT2D eigenvalue weighted by atomic mass is 9.71. The number of morpholine rings is 1. The molecular formula is C26H32Cl2N4O2. The highest BCUT2D eigenvalue weighted by molar-refractivity contribution is 6.42. The number of aryl methyl sites for hydroxylation is 1. The number of ether oxygens (including phenoxy) is 1. The second-order valence-electron chi connectivity index (χ2n) is 9.84. The maximum Gasteiger partial charge on any atom is 0.228 e. The Morgan fingerprint density at radius 1 is 1.15 bits per heavy atom. The summed E-state index contributed by atoms with van der Waals surface area (Å²) in [5.74, 6) is 0.891. The van der Waals surface area contributed by atoms with E-state index in [4.69, 9.17) is 27.9 Å². The molecule has 1 aromatic heterocycles. The van der Waals surface area contributed by atoms with E-state index in [1.165, 1.54) is 0 Å². The summed E-state index contributed by atoms with van der Waals surface area (Å²) in [4.78, 5) is 24.6. The quantitative estimate of drug-likeness (QED) is 0.593. The summed E-state index contributed by atoms with van der Waals surface area (Å²) < 4.78 is 5.50. The number of carbonyl (C=O) groups is 1. The lowest BCUT2D eigenvalue weighted by Crippen LogP contribution is -2.62. The van der Waals surface area contributed by atoms with Crippen LogP contribution in [-0.4, -0.2) is 79.2 Å². The van der Waals surface area contributed by atoms with Gasteiger partial charge >= 0.3 is 0 Å². The van der Waals surface area contributed by atoms with E-state index in [9.17, 15) is 4.79 Å². The summed E-state index contributed by atoms with van der Waals surface area (Å²) >= 11 is 12.7. The Hall–Kier alpha value is -1.70. The summed E-state index contributed by atoms with van der Waals surface area (Å²) in [5, 5.41) is 1.12. The molecule has 5 rings (SSSR count). The zero-order valence-electron chi connectivity index (χ0n) is 19.7. The number of piperidine rings is 1.